The van der Waals surface area contributed by atoms with Crippen molar-refractivity contribution in [3.8, 4) is 0 Å². The Morgan fingerprint density at radius 2 is 1.79 bits per heavy atom. The van der Waals surface area contributed by atoms with Gasteiger partial charge in [-0.05, 0) is 24.0 Å². The maximum Gasteiger partial charge on any atom is 0.261 e. The number of halogens is 1. The Morgan fingerprint density at radius 1 is 1.03 bits per heavy atom. The molecular weight excluding hydrogens is 438 g/mol. The lowest BCUT2D eigenvalue weighted by Crippen LogP contribution is -2.32. The van der Waals surface area contributed by atoms with E-state index in [9.17, 15) is 9.59 Å². The molecule has 1 aromatic heterocycles. The molecule has 0 aliphatic carbocycles. The predicted octanol–water partition coefficient (Wildman–Crippen LogP) is 4.63. The maximum atomic E-state index is 13.1. The molecule has 0 fully saturated rings. The largest absolute Gasteiger partial charge is 0.464 e. The van der Waals surface area contributed by atoms with E-state index in [1.54, 1.807) is 12.5 Å². The summed E-state index contributed by atoms with van der Waals surface area (Å²) in [7, 11) is 0. The smallest absolute Gasteiger partial charge is 0.261 e. The highest BCUT2D eigenvalue weighted by molar-refractivity contribution is 6.48. The Balaban J connectivity index is 0.00000228. The number of benzene rings is 2. The zero-order chi connectivity index (χ0) is 22.0. The van der Waals surface area contributed by atoms with Crippen molar-refractivity contribution in [1.82, 2.24) is 5.32 Å². The summed E-state index contributed by atoms with van der Waals surface area (Å²) in [6.45, 7) is 4.43. The normalized spacial score (nSPS) is 19.1. The summed E-state index contributed by atoms with van der Waals surface area (Å²) in [6, 6.07) is 13.9. The zero-order valence-corrected chi connectivity index (χ0v) is 19.0. The topological polar surface area (TPSA) is 74.9 Å². The van der Waals surface area contributed by atoms with Crippen LogP contribution in [0.25, 0.3) is 16.5 Å². The monoisotopic (exact) mass is 459 g/mol. The molecule has 4 heterocycles. The van der Waals surface area contributed by atoms with Crippen molar-refractivity contribution < 1.29 is 14.0 Å². The summed E-state index contributed by atoms with van der Waals surface area (Å²) in [4.78, 5) is 33.0. The number of nitrogens with zero attached hydrogens (tertiary/aromatic N) is 2. The van der Waals surface area contributed by atoms with Gasteiger partial charge in [-0.3, -0.25) is 19.9 Å². The molecule has 0 radical (unpaired) electrons. The molecular formula is C26H22ClN3O3. The van der Waals surface area contributed by atoms with Crippen molar-refractivity contribution in [2.45, 2.75) is 26.3 Å². The lowest BCUT2D eigenvalue weighted by Gasteiger charge is -2.27. The van der Waals surface area contributed by atoms with E-state index in [-0.39, 0.29) is 18.0 Å². The number of furan rings is 1. The molecule has 6 nitrogen and oxygen atoms in total. The summed E-state index contributed by atoms with van der Waals surface area (Å²) in [5, 5.41) is 3.35. The summed E-state index contributed by atoms with van der Waals surface area (Å²) in [5.41, 5.74) is 5.40. The van der Waals surface area contributed by atoms with E-state index >= 15 is 0 Å². The van der Waals surface area contributed by atoms with Gasteiger partial charge in [-0.25, -0.2) is 0 Å². The van der Waals surface area contributed by atoms with Gasteiger partial charge in [0, 0.05) is 35.0 Å². The van der Waals surface area contributed by atoms with Crippen LogP contribution in [-0.2, 0) is 16.0 Å². The Bertz CT molecular complexity index is 1410. The molecule has 0 saturated carbocycles. The van der Waals surface area contributed by atoms with Crippen LogP contribution in [0.1, 0.15) is 30.5 Å². The van der Waals surface area contributed by atoms with E-state index in [2.05, 4.69) is 35.1 Å². The molecule has 33 heavy (non-hydrogen) atoms. The quantitative estimate of drug-likeness (QED) is 0.579. The van der Waals surface area contributed by atoms with E-state index in [0.717, 1.165) is 23.1 Å². The van der Waals surface area contributed by atoms with E-state index in [0.29, 0.717) is 34.4 Å². The van der Waals surface area contributed by atoms with Gasteiger partial charge in [-0.15, -0.1) is 12.4 Å². The number of nitrogens with one attached hydrogen (secondary N) is 1. The lowest BCUT2D eigenvalue weighted by atomic mass is 9.92. The molecule has 1 unspecified atom stereocenters. The number of rotatable bonds is 3. The van der Waals surface area contributed by atoms with E-state index in [4.69, 9.17) is 4.42 Å². The number of carbonyl (C=O) groups excluding carboxylic acids is 2. The minimum absolute atomic E-state index is 0. The second kappa shape index (κ2) is 7.74. The van der Waals surface area contributed by atoms with Gasteiger partial charge in [-0.1, -0.05) is 50.2 Å². The molecule has 0 bridgehead atoms. The molecule has 0 saturated heterocycles. The first-order valence-electron chi connectivity index (χ1n) is 10.8. The molecule has 1 atom stereocenters. The number of amides is 2. The van der Waals surface area contributed by atoms with Gasteiger partial charge in [0.1, 0.15) is 5.58 Å². The highest BCUT2D eigenvalue weighted by Crippen LogP contribution is 2.42. The van der Waals surface area contributed by atoms with Crippen molar-refractivity contribution in [1.29, 1.82) is 0 Å². The van der Waals surface area contributed by atoms with Crippen LogP contribution >= 0.6 is 12.4 Å². The highest BCUT2D eigenvalue weighted by atomic mass is 35.5. The van der Waals surface area contributed by atoms with Crippen LogP contribution in [0.15, 0.2) is 76.1 Å². The van der Waals surface area contributed by atoms with Gasteiger partial charge in [0.25, 0.3) is 11.8 Å². The Morgan fingerprint density at radius 3 is 2.61 bits per heavy atom. The fourth-order valence-electron chi connectivity index (χ4n) is 5.06. The van der Waals surface area contributed by atoms with E-state index in [1.165, 1.54) is 5.56 Å². The van der Waals surface area contributed by atoms with Crippen molar-refractivity contribution >= 4 is 52.2 Å². The third-order valence-electron chi connectivity index (χ3n) is 6.54. The average molecular weight is 460 g/mol. The number of carbonyl (C=O) groups is 2. The summed E-state index contributed by atoms with van der Waals surface area (Å²) in [5.74, 6) is -0.427. The molecule has 3 aliphatic rings. The number of imide groups is 1. The van der Waals surface area contributed by atoms with Crippen molar-refractivity contribution in [3.05, 3.63) is 83.4 Å². The number of aliphatic imine (C=N–C) groups is 1. The number of hydrogen-bond acceptors (Lipinski definition) is 5. The van der Waals surface area contributed by atoms with Crippen LogP contribution in [0, 0.1) is 5.92 Å². The summed E-state index contributed by atoms with van der Waals surface area (Å²) in [6.07, 6.45) is 6.23. The van der Waals surface area contributed by atoms with Crippen LogP contribution in [0.4, 0.5) is 5.69 Å². The first-order valence-corrected chi connectivity index (χ1v) is 10.8. The minimum Gasteiger partial charge on any atom is -0.464 e. The van der Waals surface area contributed by atoms with E-state index < -0.39 is 11.8 Å². The molecule has 166 valence electrons. The van der Waals surface area contributed by atoms with Gasteiger partial charge in [0.15, 0.2) is 0 Å². The fourth-order valence-corrected chi connectivity index (χ4v) is 5.06. The molecule has 7 heteroatoms. The number of anilines is 1. The van der Waals surface area contributed by atoms with Crippen molar-refractivity contribution in [3.63, 3.8) is 0 Å². The van der Waals surface area contributed by atoms with Crippen LogP contribution in [0.5, 0.6) is 0 Å². The molecule has 3 aliphatic heterocycles. The van der Waals surface area contributed by atoms with Gasteiger partial charge >= 0.3 is 0 Å². The van der Waals surface area contributed by atoms with Crippen LogP contribution < -0.4 is 10.2 Å². The molecule has 0 spiro atoms. The Hall–Kier alpha value is -3.64. The standard InChI is InChI=1S/C26H21N3O3.ClH/c1-14(2)19-13-16-6-4-8-18-22(27-10-11-29(19)23(16)18)21-20(25(30)28-26(21)31)17-7-3-5-15-9-12-32-24(15)17;/h3-12,14,19H,13H2,1-2H3,(H,28,30,31);1H. The molecule has 1 N–H and O–H groups in total. The van der Waals surface area contributed by atoms with Gasteiger partial charge in [-0.2, -0.15) is 0 Å². The molecule has 2 aromatic carbocycles. The van der Waals surface area contributed by atoms with Gasteiger partial charge in [0.2, 0.25) is 0 Å². The first-order chi connectivity index (χ1) is 15.5. The second-order valence-corrected chi connectivity index (χ2v) is 8.69. The van der Waals surface area contributed by atoms with Crippen LogP contribution in [0.3, 0.4) is 0 Å². The number of hydrogen-bond donors (Lipinski definition) is 1. The first kappa shape index (κ1) is 21.2. The highest BCUT2D eigenvalue weighted by Gasteiger charge is 2.40. The molecule has 3 aromatic rings. The predicted molar refractivity (Wildman–Crippen MR) is 130 cm³/mol. The van der Waals surface area contributed by atoms with Gasteiger partial charge in [0.05, 0.1) is 28.8 Å². The molecule has 2 amide bonds. The zero-order valence-electron chi connectivity index (χ0n) is 18.2. The van der Waals surface area contributed by atoms with Crippen molar-refractivity contribution in [2.24, 2.45) is 10.9 Å². The fraction of sp³-hybridized carbons (Fsp3) is 0.192. The number of para-hydroxylation sites is 2. The summed E-state index contributed by atoms with van der Waals surface area (Å²) < 4.78 is 5.67. The Kier molecular flexibility index (Phi) is 4.98. The van der Waals surface area contributed by atoms with E-state index in [1.807, 2.05) is 42.6 Å². The number of fused-ring (bicyclic) bond motifs is 1. The third-order valence-corrected chi connectivity index (χ3v) is 6.54. The molecule has 6 rings (SSSR count). The SMILES string of the molecule is CC(C)C1Cc2cccc3c2N1C=CN=C3C1=C(c2cccc3ccoc23)C(=O)NC1=O.Cl. The Labute approximate surface area is 197 Å². The lowest BCUT2D eigenvalue weighted by molar-refractivity contribution is -0.123. The second-order valence-electron chi connectivity index (χ2n) is 8.69. The van der Waals surface area contributed by atoms with Crippen LogP contribution in [-0.4, -0.2) is 23.6 Å². The van der Waals surface area contributed by atoms with Crippen LogP contribution in [0.2, 0.25) is 0 Å². The van der Waals surface area contributed by atoms with Crippen molar-refractivity contribution in [2.75, 3.05) is 4.90 Å². The third kappa shape index (κ3) is 3.05. The summed E-state index contributed by atoms with van der Waals surface area (Å²) >= 11 is 0. The maximum absolute atomic E-state index is 13.1. The van der Waals surface area contributed by atoms with Gasteiger partial charge < -0.3 is 9.32 Å². The average Bonchev–Trinajstić information content (AvgIpc) is 3.43. The minimum atomic E-state index is -0.440.